The Morgan fingerprint density at radius 3 is 2.63 bits per heavy atom. The molecule has 0 saturated heterocycles. The number of aryl methyl sites for hydroxylation is 1. The van der Waals surface area contributed by atoms with E-state index >= 15 is 4.39 Å². The maximum atomic E-state index is 15.1. The molecule has 0 fully saturated rings. The van der Waals surface area contributed by atoms with E-state index in [9.17, 15) is 0 Å². The molecular formula is C28H29FN6. The van der Waals surface area contributed by atoms with Gasteiger partial charge in [-0.25, -0.2) is 14.4 Å². The maximum absolute atomic E-state index is 15.1. The third kappa shape index (κ3) is 4.86. The van der Waals surface area contributed by atoms with Gasteiger partial charge < -0.3 is 10.3 Å². The summed E-state index contributed by atoms with van der Waals surface area (Å²) in [6, 6.07) is 15.8. The fraction of sp³-hybridized carbons (Fsp3) is 0.250. The molecule has 0 radical (unpaired) electrons. The second-order valence-corrected chi connectivity index (χ2v) is 9.91. The van der Waals surface area contributed by atoms with E-state index in [0.717, 1.165) is 22.2 Å². The molecule has 0 aliphatic heterocycles. The Kier molecular flexibility index (Phi) is 5.94. The zero-order chi connectivity index (χ0) is 24.6. The quantitative estimate of drug-likeness (QED) is 0.333. The Morgan fingerprint density at radius 2 is 1.89 bits per heavy atom. The van der Waals surface area contributed by atoms with Gasteiger partial charge in [0.2, 0.25) is 0 Å². The zero-order valence-corrected chi connectivity index (χ0v) is 20.4. The van der Waals surface area contributed by atoms with Crippen molar-refractivity contribution in [2.45, 2.75) is 39.3 Å². The van der Waals surface area contributed by atoms with Crippen LogP contribution in [0.4, 0.5) is 4.39 Å². The van der Waals surface area contributed by atoms with Crippen LogP contribution >= 0.6 is 0 Å². The summed E-state index contributed by atoms with van der Waals surface area (Å²) in [5, 5.41) is 7.58. The molecule has 5 aromatic rings. The minimum Gasteiger partial charge on any atom is -0.336 e. The van der Waals surface area contributed by atoms with E-state index in [1.165, 1.54) is 11.1 Å². The average Bonchev–Trinajstić information content (AvgIpc) is 3.46. The maximum Gasteiger partial charge on any atom is 0.178 e. The molecule has 0 aliphatic rings. The topological polar surface area (TPSA) is 71.4 Å². The number of pyridine rings is 1. The van der Waals surface area contributed by atoms with E-state index < -0.39 is 0 Å². The SMILES string of the molecule is Cn1cc(-c2nc3nccc(-c4ccc(CNCc5cccc(C(C)(C)C)c5)c(F)c4)c3[nH]2)cn1. The Labute approximate surface area is 204 Å². The molecule has 178 valence electrons. The summed E-state index contributed by atoms with van der Waals surface area (Å²) in [5.41, 5.74) is 7.08. The van der Waals surface area contributed by atoms with Crippen molar-refractivity contribution >= 4 is 11.2 Å². The van der Waals surface area contributed by atoms with E-state index in [-0.39, 0.29) is 11.2 Å². The van der Waals surface area contributed by atoms with Gasteiger partial charge in [0, 0.05) is 43.7 Å². The van der Waals surface area contributed by atoms with E-state index in [1.807, 2.05) is 31.4 Å². The summed E-state index contributed by atoms with van der Waals surface area (Å²) in [7, 11) is 1.86. The molecule has 0 spiro atoms. The Morgan fingerprint density at radius 1 is 1.03 bits per heavy atom. The number of aromatic amines is 1. The van der Waals surface area contributed by atoms with E-state index in [4.69, 9.17) is 0 Å². The lowest BCUT2D eigenvalue weighted by molar-refractivity contribution is 0.582. The second kappa shape index (κ2) is 9.07. The molecule has 3 heterocycles. The molecule has 3 aromatic heterocycles. The minimum absolute atomic E-state index is 0.101. The molecule has 7 heteroatoms. The molecule has 0 unspecified atom stereocenters. The Balaban J connectivity index is 1.33. The van der Waals surface area contributed by atoms with Crippen molar-refractivity contribution in [2.24, 2.45) is 7.05 Å². The smallest absolute Gasteiger partial charge is 0.178 e. The molecule has 0 atom stereocenters. The van der Waals surface area contributed by atoms with Crippen molar-refractivity contribution in [1.29, 1.82) is 0 Å². The number of hydrogen-bond donors (Lipinski definition) is 2. The van der Waals surface area contributed by atoms with Gasteiger partial charge in [-0.15, -0.1) is 0 Å². The average molecular weight is 469 g/mol. The van der Waals surface area contributed by atoms with Crippen molar-refractivity contribution in [3.8, 4) is 22.5 Å². The van der Waals surface area contributed by atoms with Gasteiger partial charge >= 0.3 is 0 Å². The largest absolute Gasteiger partial charge is 0.336 e. The highest BCUT2D eigenvalue weighted by Gasteiger charge is 2.15. The lowest BCUT2D eigenvalue weighted by atomic mass is 9.86. The summed E-state index contributed by atoms with van der Waals surface area (Å²) in [6.45, 7) is 7.75. The molecule has 6 nitrogen and oxygen atoms in total. The lowest BCUT2D eigenvalue weighted by Crippen LogP contribution is -2.15. The molecule has 0 saturated carbocycles. The summed E-state index contributed by atoms with van der Waals surface area (Å²) in [6.07, 6.45) is 5.33. The highest BCUT2D eigenvalue weighted by atomic mass is 19.1. The first-order chi connectivity index (χ1) is 16.8. The van der Waals surface area contributed by atoms with Crippen LogP contribution in [0.15, 0.2) is 67.1 Å². The number of H-pyrrole nitrogens is 1. The van der Waals surface area contributed by atoms with Gasteiger partial charge in [-0.3, -0.25) is 4.68 Å². The predicted molar refractivity (Wildman–Crippen MR) is 137 cm³/mol. The van der Waals surface area contributed by atoms with Crippen molar-refractivity contribution in [1.82, 2.24) is 30.0 Å². The van der Waals surface area contributed by atoms with Gasteiger partial charge in [0.05, 0.1) is 17.3 Å². The number of nitrogens with zero attached hydrogens (tertiary/aromatic N) is 4. The van der Waals surface area contributed by atoms with Gasteiger partial charge in [0.15, 0.2) is 5.65 Å². The highest BCUT2D eigenvalue weighted by Crippen LogP contribution is 2.29. The third-order valence-corrected chi connectivity index (χ3v) is 6.17. The number of benzene rings is 2. The Hall–Kier alpha value is -3.84. The van der Waals surface area contributed by atoms with Crippen LogP contribution < -0.4 is 5.32 Å². The number of rotatable bonds is 6. The first-order valence-electron chi connectivity index (χ1n) is 11.7. The van der Waals surface area contributed by atoms with Gasteiger partial charge in [-0.2, -0.15) is 5.10 Å². The number of imidazole rings is 1. The fourth-order valence-electron chi connectivity index (χ4n) is 4.18. The van der Waals surface area contributed by atoms with Crippen LogP contribution in [0.1, 0.15) is 37.5 Å². The molecule has 0 aliphatic carbocycles. The van der Waals surface area contributed by atoms with Crippen LogP contribution in [-0.2, 0) is 25.6 Å². The molecule has 2 aromatic carbocycles. The monoisotopic (exact) mass is 468 g/mol. The van der Waals surface area contributed by atoms with E-state index in [1.54, 1.807) is 23.1 Å². The van der Waals surface area contributed by atoms with Crippen LogP contribution in [-0.4, -0.2) is 24.7 Å². The number of aromatic nitrogens is 5. The van der Waals surface area contributed by atoms with Crippen LogP contribution in [0.5, 0.6) is 0 Å². The van der Waals surface area contributed by atoms with Gasteiger partial charge in [-0.1, -0.05) is 57.2 Å². The molecular weight excluding hydrogens is 439 g/mol. The molecule has 5 rings (SSSR count). The first-order valence-corrected chi connectivity index (χ1v) is 11.7. The van der Waals surface area contributed by atoms with Crippen molar-refractivity contribution in [3.05, 3.63) is 89.6 Å². The molecule has 0 bridgehead atoms. The third-order valence-electron chi connectivity index (χ3n) is 6.17. The summed E-state index contributed by atoms with van der Waals surface area (Å²) in [4.78, 5) is 12.3. The van der Waals surface area contributed by atoms with Crippen molar-refractivity contribution in [2.75, 3.05) is 0 Å². The predicted octanol–water partition coefficient (Wildman–Crippen LogP) is 5.75. The molecule has 2 N–H and O–H groups in total. The zero-order valence-electron chi connectivity index (χ0n) is 20.4. The summed E-state index contributed by atoms with van der Waals surface area (Å²) >= 11 is 0. The van der Waals surface area contributed by atoms with Gasteiger partial charge in [0.25, 0.3) is 0 Å². The van der Waals surface area contributed by atoms with Crippen LogP contribution in [0.3, 0.4) is 0 Å². The van der Waals surface area contributed by atoms with E-state index in [0.29, 0.717) is 30.1 Å². The number of nitrogens with one attached hydrogen (secondary N) is 2. The Bertz CT molecular complexity index is 1490. The summed E-state index contributed by atoms with van der Waals surface area (Å²) in [5.74, 6) is 0.445. The lowest BCUT2D eigenvalue weighted by Gasteiger charge is -2.20. The van der Waals surface area contributed by atoms with Gasteiger partial charge in [-0.05, 0) is 34.2 Å². The standard InChI is InChI=1S/C28H29FN6/c1-28(2,3)22-7-5-6-18(12-22)14-30-15-20-9-8-19(13-24(20)29)23-10-11-31-27-25(23)33-26(34-27)21-16-32-35(4)17-21/h5-13,16-17,30H,14-15H2,1-4H3,(H,31,33,34). The van der Waals surface area contributed by atoms with Crippen LogP contribution in [0.25, 0.3) is 33.7 Å². The minimum atomic E-state index is -0.240. The van der Waals surface area contributed by atoms with Crippen molar-refractivity contribution in [3.63, 3.8) is 0 Å². The van der Waals surface area contributed by atoms with Crippen LogP contribution in [0, 0.1) is 5.82 Å². The van der Waals surface area contributed by atoms with Crippen molar-refractivity contribution < 1.29 is 4.39 Å². The fourth-order valence-corrected chi connectivity index (χ4v) is 4.18. The van der Waals surface area contributed by atoms with E-state index in [2.05, 4.69) is 70.4 Å². The first kappa shape index (κ1) is 22.9. The summed E-state index contributed by atoms with van der Waals surface area (Å²) < 4.78 is 16.8. The van der Waals surface area contributed by atoms with Crippen LogP contribution in [0.2, 0.25) is 0 Å². The molecule has 0 amide bonds. The number of fused-ring (bicyclic) bond motifs is 1. The van der Waals surface area contributed by atoms with Gasteiger partial charge in [0.1, 0.15) is 11.6 Å². The number of hydrogen-bond acceptors (Lipinski definition) is 4. The highest BCUT2D eigenvalue weighted by molar-refractivity contribution is 5.91. The second-order valence-electron chi connectivity index (χ2n) is 9.91. The number of halogens is 1. The molecule has 35 heavy (non-hydrogen) atoms. The normalized spacial score (nSPS) is 11.9.